The van der Waals surface area contributed by atoms with Crippen LogP contribution < -0.4 is 11.1 Å². The Bertz CT molecular complexity index is 437. The molecular formula is C11H15BrN2O2S. The minimum absolute atomic E-state index is 0.0498. The average Bonchev–Trinajstić information content (AvgIpc) is 2.26. The van der Waals surface area contributed by atoms with Crippen LogP contribution in [-0.2, 0) is 15.6 Å². The van der Waals surface area contributed by atoms with Crippen LogP contribution >= 0.6 is 15.9 Å². The normalized spacial score (nSPS) is 12.1. The van der Waals surface area contributed by atoms with Crippen LogP contribution in [-0.4, -0.2) is 22.4 Å². The van der Waals surface area contributed by atoms with Crippen molar-refractivity contribution >= 4 is 38.3 Å². The molecule has 0 aliphatic heterocycles. The van der Waals surface area contributed by atoms with Crippen LogP contribution in [0.3, 0.4) is 0 Å². The van der Waals surface area contributed by atoms with Crippen molar-refractivity contribution in [1.82, 2.24) is 5.32 Å². The van der Waals surface area contributed by atoms with Gasteiger partial charge in [0, 0.05) is 16.7 Å². The van der Waals surface area contributed by atoms with E-state index in [9.17, 15) is 9.00 Å². The van der Waals surface area contributed by atoms with E-state index in [2.05, 4.69) is 21.2 Å². The van der Waals surface area contributed by atoms with Gasteiger partial charge in [0.1, 0.15) is 5.75 Å². The molecule has 0 bridgehead atoms. The van der Waals surface area contributed by atoms with Crippen molar-refractivity contribution in [2.24, 2.45) is 0 Å². The number of halogens is 1. The second kappa shape index (κ2) is 6.76. The van der Waals surface area contributed by atoms with Crippen molar-refractivity contribution in [1.29, 1.82) is 0 Å². The Labute approximate surface area is 112 Å². The first-order valence-electron chi connectivity index (χ1n) is 5.24. The summed E-state index contributed by atoms with van der Waals surface area (Å²) < 4.78 is 12.7. The zero-order valence-corrected chi connectivity index (χ0v) is 11.9. The van der Waals surface area contributed by atoms with Crippen LogP contribution in [0.15, 0.2) is 27.6 Å². The van der Waals surface area contributed by atoms with Gasteiger partial charge in [0.05, 0.1) is 15.7 Å². The molecule has 4 nitrogen and oxygen atoms in total. The maximum Gasteiger partial charge on any atom is 0.233 e. The summed E-state index contributed by atoms with van der Waals surface area (Å²) in [4.78, 5) is 11.9. The monoisotopic (exact) mass is 318 g/mol. The molecule has 0 spiro atoms. The number of hydrogen-bond acceptors (Lipinski definition) is 3. The topological polar surface area (TPSA) is 72.2 Å². The molecule has 1 amide bonds. The fraction of sp³-hybridized carbons (Fsp3) is 0.364. The number of carbonyl (C=O) groups is 1. The summed E-state index contributed by atoms with van der Waals surface area (Å²) >= 11 is 3.27. The van der Waals surface area contributed by atoms with Gasteiger partial charge in [-0.2, -0.15) is 0 Å². The highest BCUT2D eigenvalue weighted by molar-refractivity contribution is 9.10. The summed E-state index contributed by atoms with van der Waals surface area (Å²) in [5, 5.41) is 2.68. The van der Waals surface area contributed by atoms with Gasteiger partial charge in [0.2, 0.25) is 5.91 Å². The lowest BCUT2D eigenvalue weighted by Crippen LogP contribution is -2.29. The minimum atomic E-state index is -1.39. The molecule has 0 heterocycles. The van der Waals surface area contributed by atoms with Crippen LogP contribution in [0, 0.1) is 0 Å². The van der Waals surface area contributed by atoms with Gasteiger partial charge in [-0.25, -0.2) is 0 Å². The zero-order valence-electron chi connectivity index (χ0n) is 9.53. The average molecular weight is 319 g/mol. The molecule has 1 rings (SSSR count). The Morgan fingerprint density at radius 1 is 1.53 bits per heavy atom. The van der Waals surface area contributed by atoms with Crippen LogP contribution in [0.1, 0.15) is 13.3 Å². The Kier molecular flexibility index (Phi) is 5.64. The van der Waals surface area contributed by atoms with E-state index in [1.807, 2.05) is 6.92 Å². The van der Waals surface area contributed by atoms with E-state index in [-0.39, 0.29) is 11.7 Å². The molecule has 94 valence electrons. The number of carbonyl (C=O) groups excluding carboxylic acids is 1. The quantitative estimate of drug-likeness (QED) is 0.811. The van der Waals surface area contributed by atoms with Crippen molar-refractivity contribution in [3.8, 4) is 0 Å². The minimum Gasteiger partial charge on any atom is -0.398 e. The third-order valence-corrected chi connectivity index (χ3v) is 3.93. The predicted octanol–water partition coefficient (Wildman–Crippen LogP) is 1.67. The molecule has 6 heteroatoms. The molecule has 0 aromatic heterocycles. The van der Waals surface area contributed by atoms with Gasteiger partial charge in [0.15, 0.2) is 0 Å². The third kappa shape index (κ3) is 4.47. The SMILES string of the molecule is CCCNC(=O)CS(=O)c1ccc(Br)cc1N. The second-order valence-electron chi connectivity index (χ2n) is 3.52. The van der Waals surface area contributed by atoms with E-state index in [4.69, 9.17) is 5.73 Å². The molecular weight excluding hydrogens is 304 g/mol. The number of anilines is 1. The number of hydrogen-bond donors (Lipinski definition) is 2. The molecule has 0 radical (unpaired) electrons. The van der Waals surface area contributed by atoms with Gasteiger partial charge in [0.25, 0.3) is 0 Å². The summed E-state index contributed by atoms with van der Waals surface area (Å²) in [5.74, 6) is -0.265. The summed E-state index contributed by atoms with van der Waals surface area (Å²) in [7, 11) is -1.39. The molecule has 0 aliphatic rings. The lowest BCUT2D eigenvalue weighted by atomic mass is 10.3. The van der Waals surface area contributed by atoms with Gasteiger partial charge in [-0.3, -0.25) is 9.00 Å². The maximum atomic E-state index is 11.9. The molecule has 1 atom stereocenters. The smallest absolute Gasteiger partial charge is 0.233 e. The highest BCUT2D eigenvalue weighted by Crippen LogP contribution is 2.21. The highest BCUT2D eigenvalue weighted by atomic mass is 79.9. The lowest BCUT2D eigenvalue weighted by Gasteiger charge is -2.06. The summed E-state index contributed by atoms with van der Waals surface area (Å²) in [6, 6.07) is 5.10. The number of rotatable bonds is 5. The maximum absolute atomic E-state index is 11.9. The van der Waals surface area contributed by atoms with Gasteiger partial charge >= 0.3 is 0 Å². The number of benzene rings is 1. The molecule has 3 N–H and O–H groups in total. The van der Waals surface area contributed by atoms with Crippen LogP contribution in [0.25, 0.3) is 0 Å². The Hall–Kier alpha value is -0.880. The third-order valence-electron chi connectivity index (χ3n) is 2.05. The lowest BCUT2D eigenvalue weighted by molar-refractivity contribution is -0.118. The van der Waals surface area contributed by atoms with Crippen molar-refractivity contribution in [3.05, 3.63) is 22.7 Å². The first-order chi connectivity index (χ1) is 8.04. The van der Waals surface area contributed by atoms with E-state index in [1.165, 1.54) is 0 Å². The first kappa shape index (κ1) is 14.2. The van der Waals surface area contributed by atoms with Crippen LogP contribution in [0.5, 0.6) is 0 Å². The molecule has 1 aromatic rings. The summed E-state index contributed by atoms with van der Waals surface area (Å²) in [6.45, 7) is 2.57. The van der Waals surface area contributed by atoms with Gasteiger partial charge in [-0.15, -0.1) is 0 Å². The van der Waals surface area contributed by atoms with E-state index >= 15 is 0 Å². The summed E-state index contributed by atoms with van der Waals surface area (Å²) in [6.07, 6.45) is 0.860. The number of nitrogens with two attached hydrogens (primary N) is 1. The van der Waals surface area contributed by atoms with Crippen LogP contribution in [0.4, 0.5) is 5.69 Å². The fourth-order valence-electron chi connectivity index (χ4n) is 1.24. The summed E-state index contributed by atoms with van der Waals surface area (Å²) in [5.41, 5.74) is 6.17. The second-order valence-corrected chi connectivity index (χ2v) is 5.86. The van der Waals surface area contributed by atoms with Crippen LogP contribution in [0.2, 0.25) is 0 Å². The van der Waals surface area contributed by atoms with Gasteiger partial charge < -0.3 is 11.1 Å². The Morgan fingerprint density at radius 2 is 2.24 bits per heavy atom. The molecule has 17 heavy (non-hydrogen) atoms. The zero-order chi connectivity index (χ0) is 12.8. The van der Waals surface area contributed by atoms with Gasteiger partial charge in [-0.05, 0) is 24.6 Å². The van der Waals surface area contributed by atoms with E-state index in [0.717, 1.165) is 10.9 Å². The van der Waals surface area contributed by atoms with E-state index in [1.54, 1.807) is 18.2 Å². The van der Waals surface area contributed by atoms with E-state index < -0.39 is 10.8 Å². The highest BCUT2D eigenvalue weighted by Gasteiger charge is 2.12. The van der Waals surface area contributed by atoms with Crippen molar-refractivity contribution in [3.63, 3.8) is 0 Å². The first-order valence-corrected chi connectivity index (χ1v) is 7.36. The molecule has 0 aliphatic carbocycles. The van der Waals surface area contributed by atoms with Gasteiger partial charge in [-0.1, -0.05) is 22.9 Å². The molecule has 0 fully saturated rings. The number of nitrogens with one attached hydrogen (secondary N) is 1. The number of amides is 1. The molecule has 1 aromatic carbocycles. The molecule has 1 unspecified atom stereocenters. The molecule has 0 saturated heterocycles. The van der Waals surface area contributed by atoms with Crippen molar-refractivity contribution < 1.29 is 9.00 Å². The standard InChI is InChI=1S/C11H15BrN2O2S/c1-2-5-14-11(15)7-17(16)10-4-3-8(12)6-9(10)13/h3-4,6H,2,5,7,13H2,1H3,(H,14,15). The van der Waals surface area contributed by atoms with E-state index in [0.29, 0.717) is 17.1 Å². The van der Waals surface area contributed by atoms with Crippen molar-refractivity contribution in [2.45, 2.75) is 18.2 Å². The number of nitrogen functional groups attached to an aromatic ring is 1. The Morgan fingerprint density at radius 3 is 2.82 bits per heavy atom. The largest absolute Gasteiger partial charge is 0.398 e. The predicted molar refractivity (Wildman–Crippen MR) is 73.1 cm³/mol. The Balaban J connectivity index is 2.67. The van der Waals surface area contributed by atoms with Crippen molar-refractivity contribution in [2.75, 3.05) is 18.0 Å². The fourth-order valence-corrected chi connectivity index (χ4v) is 2.66. The molecule has 0 saturated carbocycles.